The van der Waals surface area contributed by atoms with E-state index in [4.69, 9.17) is 6.42 Å². The van der Waals surface area contributed by atoms with E-state index in [-0.39, 0.29) is 0 Å². The first kappa shape index (κ1) is 14.2. The maximum absolute atomic E-state index is 6.12. The molecule has 0 saturated heterocycles. The quantitative estimate of drug-likeness (QED) is 0.470. The summed E-state index contributed by atoms with van der Waals surface area (Å²) in [7, 11) is 0. The van der Waals surface area contributed by atoms with E-state index < -0.39 is 5.41 Å². The molecule has 22 heavy (non-hydrogen) atoms. The normalized spacial score (nSPS) is 10.9. The van der Waals surface area contributed by atoms with Gasteiger partial charge in [-0.05, 0) is 29.2 Å². The lowest BCUT2D eigenvalue weighted by Gasteiger charge is -2.32. The van der Waals surface area contributed by atoms with E-state index in [1.165, 1.54) is 5.56 Å². The Morgan fingerprint density at radius 1 is 0.682 bits per heavy atom. The van der Waals surface area contributed by atoms with Crippen molar-refractivity contribution in [2.24, 2.45) is 0 Å². The van der Waals surface area contributed by atoms with E-state index >= 15 is 0 Å². The summed E-state index contributed by atoms with van der Waals surface area (Å²) >= 11 is 0. The second-order valence-corrected chi connectivity index (χ2v) is 5.44. The van der Waals surface area contributed by atoms with Crippen LogP contribution >= 0.6 is 0 Å². The van der Waals surface area contributed by atoms with Crippen LogP contribution in [0.15, 0.2) is 84.9 Å². The first-order valence-corrected chi connectivity index (χ1v) is 7.44. The minimum atomic E-state index is -0.562. The molecule has 0 nitrogen and oxygen atoms in total. The second kappa shape index (κ2) is 5.92. The molecule has 0 saturated carbocycles. The van der Waals surface area contributed by atoms with Crippen LogP contribution in [0.1, 0.15) is 22.3 Å². The Kier molecular flexibility index (Phi) is 3.81. The summed E-state index contributed by atoms with van der Waals surface area (Å²) in [5, 5.41) is 0. The number of benzene rings is 3. The first-order chi connectivity index (χ1) is 10.8. The molecular weight excluding hydrogens is 264 g/mol. The molecule has 0 N–H and O–H groups in total. The first-order valence-electron chi connectivity index (χ1n) is 7.44. The topological polar surface area (TPSA) is 0 Å². The molecule has 0 aliphatic rings. The molecule has 0 spiro atoms. The Morgan fingerprint density at radius 2 is 1.14 bits per heavy atom. The molecule has 3 aromatic rings. The third-order valence-corrected chi connectivity index (χ3v) is 4.18. The molecule has 3 rings (SSSR count). The standard InChI is InChI=1S/C22H18/c1-3-22(19-13-6-4-7-14-19,20-15-8-5-9-16-20)21-17-11-10-12-18(21)2/h1,4-17H,2H3. The molecule has 0 bridgehead atoms. The third-order valence-electron chi connectivity index (χ3n) is 4.18. The van der Waals surface area contributed by atoms with Crippen LogP contribution in [0.25, 0.3) is 0 Å². The Labute approximate surface area is 132 Å². The fourth-order valence-corrected chi connectivity index (χ4v) is 3.09. The van der Waals surface area contributed by atoms with Gasteiger partial charge in [0, 0.05) is 0 Å². The van der Waals surface area contributed by atoms with Crippen LogP contribution in [0.5, 0.6) is 0 Å². The van der Waals surface area contributed by atoms with E-state index in [2.05, 4.69) is 61.4 Å². The van der Waals surface area contributed by atoms with Crippen molar-refractivity contribution < 1.29 is 0 Å². The Morgan fingerprint density at radius 3 is 1.59 bits per heavy atom. The molecule has 0 amide bonds. The average Bonchev–Trinajstić information content (AvgIpc) is 2.59. The van der Waals surface area contributed by atoms with Crippen LogP contribution in [0.2, 0.25) is 0 Å². The predicted molar refractivity (Wildman–Crippen MR) is 92.8 cm³/mol. The predicted octanol–water partition coefficient (Wildman–Crippen LogP) is 4.96. The van der Waals surface area contributed by atoms with E-state index in [9.17, 15) is 0 Å². The van der Waals surface area contributed by atoms with Crippen molar-refractivity contribution >= 4 is 0 Å². The summed E-state index contributed by atoms with van der Waals surface area (Å²) in [5.74, 6) is 3.11. The van der Waals surface area contributed by atoms with Crippen LogP contribution in [0.4, 0.5) is 0 Å². The van der Waals surface area contributed by atoms with Crippen LogP contribution in [-0.4, -0.2) is 0 Å². The molecule has 0 unspecified atom stereocenters. The molecule has 0 heterocycles. The molecule has 0 heteroatoms. The molecule has 0 fully saturated rings. The molecule has 106 valence electrons. The largest absolute Gasteiger partial charge is 0.118 e. The van der Waals surface area contributed by atoms with Crippen molar-refractivity contribution in [3.63, 3.8) is 0 Å². The fraction of sp³-hybridized carbons (Fsp3) is 0.0909. The Bertz CT molecular complexity index is 753. The van der Waals surface area contributed by atoms with Gasteiger partial charge in [0.05, 0.1) is 0 Å². The van der Waals surface area contributed by atoms with Gasteiger partial charge in [-0.2, -0.15) is 0 Å². The lowest BCUT2D eigenvalue weighted by Crippen LogP contribution is -2.28. The Balaban J connectivity index is 2.37. The van der Waals surface area contributed by atoms with Crippen LogP contribution < -0.4 is 0 Å². The van der Waals surface area contributed by atoms with Crippen molar-refractivity contribution in [3.05, 3.63) is 107 Å². The van der Waals surface area contributed by atoms with Gasteiger partial charge in [-0.15, -0.1) is 6.42 Å². The van der Waals surface area contributed by atoms with Gasteiger partial charge >= 0.3 is 0 Å². The molecule has 0 aliphatic heterocycles. The minimum Gasteiger partial charge on any atom is -0.118 e. The number of hydrogen-bond acceptors (Lipinski definition) is 0. The summed E-state index contributed by atoms with van der Waals surface area (Å²) in [6.45, 7) is 2.12. The zero-order valence-corrected chi connectivity index (χ0v) is 12.7. The number of aryl methyl sites for hydroxylation is 1. The average molecular weight is 282 g/mol. The van der Waals surface area contributed by atoms with Gasteiger partial charge in [0.2, 0.25) is 0 Å². The van der Waals surface area contributed by atoms with Gasteiger partial charge < -0.3 is 0 Å². The second-order valence-electron chi connectivity index (χ2n) is 5.44. The van der Waals surface area contributed by atoms with Gasteiger partial charge in [-0.25, -0.2) is 0 Å². The van der Waals surface area contributed by atoms with Crippen LogP contribution in [0.3, 0.4) is 0 Å². The molecule has 0 aliphatic carbocycles. The highest BCUT2D eigenvalue weighted by molar-refractivity contribution is 5.59. The summed E-state index contributed by atoms with van der Waals surface area (Å²) in [5.41, 5.74) is 4.05. The van der Waals surface area contributed by atoms with Gasteiger partial charge in [0.1, 0.15) is 5.41 Å². The van der Waals surface area contributed by atoms with E-state index in [0.29, 0.717) is 0 Å². The lowest BCUT2D eigenvalue weighted by molar-refractivity contribution is 0.802. The monoisotopic (exact) mass is 282 g/mol. The van der Waals surface area contributed by atoms with Gasteiger partial charge in [0.15, 0.2) is 0 Å². The summed E-state index contributed by atoms with van der Waals surface area (Å²) < 4.78 is 0. The number of hydrogen-bond donors (Lipinski definition) is 0. The zero-order chi connectivity index (χ0) is 15.4. The van der Waals surface area contributed by atoms with E-state index in [1.807, 2.05) is 36.4 Å². The van der Waals surface area contributed by atoms with Crippen LogP contribution in [-0.2, 0) is 5.41 Å². The van der Waals surface area contributed by atoms with E-state index in [1.54, 1.807) is 0 Å². The maximum Gasteiger partial charge on any atom is 0.106 e. The highest BCUT2D eigenvalue weighted by Crippen LogP contribution is 2.39. The van der Waals surface area contributed by atoms with Gasteiger partial charge in [-0.3, -0.25) is 0 Å². The SMILES string of the molecule is C#CC(c1ccccc1)(c1ccccc1)c1ccccc1C. The third kappa shape index (κ3) is 2.22. The lowest BCUT2D eigenvalue weighted by atomic mass is 9.69. The van der Waals surface area contributed by atoms with Gasteiger partial charge in [-0.1, -0.05) is 90.8 Å². The smallest absolute Gasteiger partial charge is 0.106 e. The minimum absolute atomic E-state index is 0.562. The zero-order valence-electron chi connectivity index (χ0n) is 12.7. The highest BCUT2D eigenvalue weighted by atomic mass is 14.3. The molecular formula is C22H18. The van der Waals surface area contributed by atoms with E-state index in [0.717, 1.165) is 16.7 Å². The highest BCUT2D eigenvalue weighted by Gasteiger charge is 2.35. The molecule has 0 aromatic heterocycles. The summed E-state index contributed by atoms with van der Waals surface area (Å²) in [6.07, 6.45) is 6.12. The Hall–Kier alpha value is -2.78. The molecule has 0 radical (unpaired) electrons. The fourth-order valence-electron chi connectivity index (χ4n) is 3.09. The van der Waals surface area contributed by atoms with Crippen molar-refractivity contribution in [2.45, 2.75) is 12.3 Å². The van der Waals surface area contributed by atoms with Crippen molar-refractivity contribution in [3.8, 4) is 12.3 Å². The maximum atomic E-state index is 6.12. The van der Waals surface area contributed by atoms with Crippen molar-refractivity contribution in [2.75, 3.05) is 0 Å². The van der Waals surface area contributed by atoms with Crippen molar-refractivity contribution in [1.29, 1.82) is 0 Å². The van der Waals surface area contributed by atoms with Gasteiger partial charge in [0.25, 0.3) is 0 Å². The number of rotatable bonds is 3. The summed E-state index contributed by atoms with van der Waals surface area (Å²) in [6, 6.07) is 29.0. The molecule has 0 atom stereocenters. The van der Waals surface area contributed by atoms with Crippen molar-refractivity contribution in [1.82, 2.24) is 0 Å². The number of terminal acetylenes is 1. The molecule has 3 aromatic carbocycles. The summed E-state index contributed by atoms with van der Waals surface area (Å²) in [4.78, 5) is 0. The van der Waals surface area contributed by atoms with Crippen LogP contribution in [0, 0.1) is 19.3 Å².